The first-order valence-corrected chi connectivity index (χ1v) is 11.8. The Morgan fingerprint density at radius 1 is 1.06 bits per heavy atom. The van der Waals surface area contributed by atoms with Crippen LogP contribution >= 0.6 is 23.4 Å². The number of amides is 1. The first-order chi connectivity index (χ1) is 16.1. The van der Waals surface area contributed by atoms with Gasteiger partial charge in [0.15, 0.2) is 11.5 Å². The van der Waals surface area contributed by atoms with E-state index in [-0.39, 0.29) is 5.91 Å². The Hall–Kier alpha value is -3.22. The van der Waals surface area contributed by atoms with Crippen LogP contribution in [0, 0.1) is 0 Å². The molecule has 1 amide bonds. The summed E-state index contributed by atoms with van der Waals surface area (Å²) < 4.78 is 11.2. The van der Waals surface area contributed by atoms with Crippen molar-refractivity contribution in [2.75, 3.05) is 13.2 Å². The number of hydrogen-bond acceptors (Lipinski definition) is 5. The molecular formula is C26H25ClN2O3S. The summed E-state index contributed by atoms with van der Waals surface area (Å²) in [5.74, 6) is 1.77. The Morgan fingerprint density at radius 3 is 2.52 bits per heavy atom. The second kappa shape index (κ2) is 12.7. The lowest BCUT2D eigenvalue weighted by Crippen LogP contribution is -2.17. The molecule has 0 saturated heterocycles. The van der Waals surface area contributed by atoms with Crippen molar-refractivity contribution in [1.29, 1.82) is 0 Å². The molecule has 0 fully saturated rings. The summed E-state index contributed by atoms with van der Waals surface area (Å²) in [6, 6.07) is 20.7. The number of hydrogen-bond donors (Lipinski definition) is 1. The number of carbonyl (C=O) groups is 1. The molecule has 3 rings (SSSR count). The summed E-state index contributed by atoms with van der Waals surface area (Å²) in [5, 5.41) is 4.79. The number of rotatable bonds is 11. The highest BCUT2D eigenvalue weighted by molar-refractivity contribution is 7.98. The third kappa shape index (κ3) is 7.70. The average Bonchev–Trinajstić information content (AvgIpc) is 2.83. The summed E-state index contributed by atoms with van der Waals surface area (Å²) in [6.45, 7) is 6.45. The molecule has 1 N–H and O–H groups in total. The fraction of sp³-hybridized carbons (Fsp3) is 0.154. The zero-order valence-electron chi connectivity index (χ0n) is 18.3. The van der Waals surface area contributed by atoms with Crippen LogP contribution in [0.25, 0.3) is 0 Å². The zero-order chi connectivity index (χ0) is 23.5. The van der Waals surface area contributed by atoms with Crippen LogP contribution in [0.15, 0.2) is 89.4 Å². The normalized spacial score (nSPS) is 10.7. The molecule has 0 aliphatic rings. The number of benzene rings is 3. The largest absolute Gasteiger partial charge is 0.490 e. The SMILES string of the molecule is C=CCOc1ccc(/C=N\NC(=O)c2ccc(CSc3ccc(Cl)cc3)cc2)cc1OCC. The lowest BCUT2D eigenvalue weighted by molar-refractivity contribution is 0.0955. The van der Waals surface area contributed by atoms with Crippen LogP contribution in [0.5, 0.6) is 11.5 Å². The van der Waals surface area contributed by atoms with Gasteiger partial charge in [-0.05, 0) is 72.6 Å². The zero-order valence-corrected chi connectivity index (χ0v) is 19.9. The lowest BCUT2D eigenvalue weighted by atomic mass is 10.1. The molecule has 0 atom stereocenters. The molecule has 0 bridgehead atoms. The summed E-state index contributed by atoms with van der Waals surface area (Å²) in [5.41, 5.74) is 4.99. The van der Waals surface area contributed by atoms with Gasteiger partial charge in [-0.15, -0.1) is 11.8 Å². The molecule has 0 spiro atoms. The van der Waals surface area contributed by atoms with Gasteiger partial charge in [0.05, 0.1) is 12.8 Å². The van der Waals surface area contributed by atoms with Gasteiger partial charge in [0, 0.05) is 21.2 Å². The number of halogens is 1. The van der Waals surface area contributed by atoms with Gasteiger partial charge in [-0.25, -0.2) is 5.43 Å². The minimum atomic E-state index is -0.279. The molecule has 0 radical (unpaired) electrons. The maximum atomic E-state index is 12.4. The summed E-state index contributed by atoms with van der Waals surface area (Å²) in [6.07, 6.45) is 3.24. The van der Waals surface area contributed by atoms with Crippen LogP contribution in [0.3, 0.4) is 0 Å². The standard InChI is InChI=1S/C26H25ClN2O3S/c1-3-15-32-24-14-7-20(16-25(24)31-4-2)17-28-29-26(30)21-8-5-19(6-9-21)18-33-23-12-10-22(27)11-13-23/h3,5-14,16-17H,1,4,15,18H2,2H3,(H,29,30)/b28-17-. The molecule has 0 unspecified atom stereocenters. The van der Waals surface area contributed by atoms with E-state index in [9.17, 15) is 4.79 Å². The predicted molar refractivity (Wildman–Crippen MR) is 136 cm³/mol. The van der Waals surface area contributed by atoms with Crippen LogP contribution in [0.2, 0.25) is 5.02 Å². The number of hydrazone groups is 1. The third-order valence-corrected chi connectivity index (χ3v) is 5.77. The molecule has 0 aromatic heterocycles. The molecule has 3 aromatic rings. The van der Waals surface area contributed by atoms with Crippen LogP contribution in [0.4, 0.5) is 0 Å². The Kier molecular flexibility index (Phi) is 9.42. The van der Waals surface area contributed by atoms with Crippen molar-refractivity contribution in [3.63, 3.8) is 0 Å². The van der Waals surface area contributed by atoms with Crippen molar-refractivity contribution in [1.82, 2.24) is 5.43 Å². The fourth-order valence-electron chi connectivity index (χ4n) is 2.82. The van der Waals surface area contributed by atoms with Gasteiger partial charge in [0.25, 0.3) is 5.91 Å². The van der Waals surface area contributed by atoms with Crippen LogP contribution < -0.4 is 14.9 Å². The quantitative estimate of drug-likeness (QED) is 0.150. The highest BCUT2D eigenvalue weighted by atomic mass is 35.5. The van der Waals surface area contributed by atoms with Gasteiger partial charge in [0.1, 0.15) is 6.61 Å². The van der Waals surface area contributed by atoms with E-state index in [1.807, 2.05) is 55.5 Å². The van der Waals surface area contributed by atoms with Crippen LogP contribution in [-0.4, -0.2) is 25.3 Å². The van der Waals surface area contributed by atoms with Gasteiger partial charge in [-0.1, -0.05) is 36.4 Å². The van der Waals surface area contributed by atoms with E-state index >= 15 is 0 Å². The summed E-state index contributed by atoms with van der Waals surface area (Å²) in [7, 11) is 0. The predicted octanol–water partition coefficient (Wildman–Crippen LogP) is 6.36. The molecular weight excluding hydrogens is 456 g/mol. The Morgan fingerprint density at radius 2 is 1.82 bits per heavy atom. The second-order valence-corrected chi connectivity index (χ2v) is 8.36. The smallest absolute Gasteiger partial charge is 0.271 e. The first-order valence-electron chi connectivity index (χ1n) is 10.4. The highest BCUT2D eigenvalue weighted by Crippen LogP contribution is 2.28. The number of nitrogens with one attached hydrogen (secondary N) is 1. The monoisotopic (exact) mass is 480 g/mol. The van der Waals surface area contributed by atoms with E-state index in [0.717, 1.165) is 26.8 Å². The van der Waals surface area contributed by atoms with E-state index in [0.29, 0.717) is 30.3 Å². The Bertz CT molecular complexity index is 1100. The van der Waals surface area contributed by atoms with E-state index in [4.69, 9.17) is 21.1 Å². The molecule has 3 aromatic carbocycles. The molecule has 170 valence electrons. The third-order valence-electron chi connectivity index (χ3n) is 4.44. The Labute approximate surface area is 203 Å². The molecule has 0 aliphatic heterocycles. The first kappa shape index (κ1) is 24.4. The van der Waals surface area contributed by atoms with Gasteiger partial charge in [0.2, 0.25) is 0 Å². The molecule has 0 saturated carbocycles. The van der Waals surface area contributed by atoms with Gasteiger partial charge >= 0.3 is 0 Å². The molecule has 0 heterocycles. The van der Waals surface area contributed by atoms with E-state index in [2.05, 4.69) is 17.1 Å². The minimum Gasteiger partial charge on any atom is -0.490 e. The van der Waals surface area contributed by atoms with E-state index < -0.39 is 0 Å². The average molecular weight is 481 g/mol. The maximum absolute atomic E-state index is 12.4. The van der Waals surface area contributed by atoms with Crippen molar-refractivity contribution >= 4 is 35.5 Å². The van der Waals surface area contributed by atoms with Crippen LogP contribution in [-0.2, 0) is 5.75 Å². The topological polar surface area (TPSA) is 59.9 Å². The van der Waals surface area contributed by atoms with Gasteiger partial charge in [-0.2, -0.15) is 5.10 Å². The van der Waals surface area contributed by atoms with Gasteiger partial charge in [-0.3, -0.25) is 4.79 Å². The van der Waals surface area contributed by atoms with Gasteiger partial charge < -0.3 is 9.47 Å². The molecule has 5 nitrogen and oxygen atoms in total. The second-order valence-electron chi connectivity index (χ2n) is 6.88. The summed E-state index contributed by atoms with van der Waals surface area (Å²) in [4.78, 5) is 13.5. The van der Waals surface area contributed by atoms with Crippen molar-refractivity contribution in [3.8, 4) is 11.5 Å². The van der Waals surface area contributed by atoms with Crippen molar-refractivity contribution in [3.05, 3.63) is 101 Å². The lowest BCUT2D eigenvalue weighted by Gasteiger charge is -2.11. The fourth-order valence-corrected chi connectivity index (χ4v) is 3.80. The summed E-state index contributed by atoms with van der Waals surface area (Å²) >= 11 is 7.63. The number of carbonyl (C=O) groups excluding carboxylic acids is 1. The highest BCUT2D eigenvalue weighted by Gasteiger charge is 2.07. The van der Waals surface area contributed by atoms with E-state index in [1.54, 1.807) is 42.3 Å². The molecule has 33 heavy (non-hydrogen) atoms. The van der Waals surface area contributed by atoms with Crippen LogP contribution in [0.1, 0.15) is 28.4 Å². The number of thioether (sulfide) groups is 1. The molecule has 7 heteroatoms. The maximum Gasteiger partial charge on any atom is 0.271 e. The van der Waals surface area contributed by atoms with E-state index in [1.165, 1.54) is 0 Å². The van der Waals surface area contributed by atoms with Crippen molar-refractivity contribution in [2.24, 2.45) is 5.10 Å². The van der Waals surface area contributed by atoms with Crippen molar-refractivity contribution in [2.45, 2.75) is 17.6 Å². The van der Waals surface area contributed by atoms with Crippen molar-refractivity contribution < 1.29 is 14.3 Å². The minimum absolute atomic E-state index is 0.279. The Balaban J connectivity index is 1.54. The molecule has 0 aliphatic carbocycles. The number of ether oxygens (including phenoxy) is 2. The number of nitrogens with zero attached hydrogens (tertiary/aromatic N) is 1.